The normalized spacial score (nSPS) is 22.9. The number of hydrogen-bond acceptors (Lipinski definition) is 5. The van der Waals surface area contributed by atoms with Gasteiger partial charge in [-0.25, -0.2) is 4.68 Å². The van der Waals surface area contributed by atoms with Crippen LogP contribution in [-0.2, 0) is 17.9 Å². The molecular formula is C22H32N6O. The number of benzene rings is 1. The summed E-state index contributed by atoms with van der Waals surface area (Å²) in [5, 5.41) is 11.3. The average Bonchev–Trinajstić information content (AvgIpc) is 3.37. The van der Waals surface area contributed by atoms with Crippen molar-refractivity contribution in [2.24, 2.45) is 5.41 Å². The highest BCUT2D eigenvalue weighted by Crippen LogP contribution is 2.40. The maximum Gasteiger partial charge on any atom is 0.230 e. The van der Waals surface area contributed by atoms with E-state index in [4.69, 9.17) is 0 Å². The van der Waals surface area contributed by atoms with E-state index in [-0.39, 0.29) is 5.41 Å². The number of rotatable bonds is 7. The number of carbonyl (C=O) groups excluding carboxylic acids is 1. The molecule has 0 saturated carbocycles. The summed E-state index contributed by atoms with van der Waals surface area (Å²) in [5.74, 6) is 0.897. The quantitative estimate of drug-likeness (QED) is 0.720. The molecule has 1 aromatic carbocycles. The van der Waals surface area contributed by atoms with E-state index in [2.05, 4.69) is 63.4 Å². The molecule has 2 aromatic rings. The molecule has 1 amide bonds. The third-order valence-corrected chi connectivity index (χ3v) is 6.53. The fourth-order valence-corrected chi connectivity index (χ4v) is 4.80. The zero-order chi connectivity index (χ0) is 20.3. The highest BCUT2D eigenvalue weighted by molar-refractivity contribution is 5.84. The van der Waals surface area contributed by atoms with E-state index in [1.54, 1.807) is 11.0 Å². The largest absolute Gasteiger partial charge is 0.338 e. The number of hydrogen-bond donors (Lipinski definition) is 0. The van der Waals surface area contributed by atoms with E-state index in [9.17, 15) is 4.79 Å². The fraction of sp³-hybridized carbons (Fsp3) is 0.636. The monoisotopic (exact) mass is 396 g/mol. The minimum atomic E-state index is -0.176. The summed E-state index contributed by atoms with van der Waals surface area (Å²) < 4.78 is 1.77. The molecule has 4 rings (SSSR count). The second kappa shape index (κ2) is 8.61. The van der Waals surface area contributed by atoms with E-state index in [1.165, 1.54) is 11.1 Å². The van der Waals surface area contributed by atoms with Gasteiger partial charge in [-0.3, -0.25) is 4.79 Å². The summed E-state index contributed by atoms with van der Waals surface area (Å²) in [7, 11) is 0. The van der Waals surface area contributed by atoms with Crippen LogP contribution in [0.5, 0.6) is 0 Å². The number of piperidine rings is 1. The summed E-state index contributed by atoms with van der Waals surface area (Å²) in [6.07, 6.45) is 5.77. The van der Waals surface area contributed by atoms with Gasteiger partial charge in [0.05, 0.1) is 5.41 Å². The molecule has 7 heteroatoms. The molecule has 1 spiro atoms. The van der Waals surface area contributed by atoms with Crippen molar-refractivity contribution < 1.29 is 4.79 Å². The number of likely N-dealkylation sites (tertiary alicyclic amines) is 2. The van der Waals surface area contributed by atoms with Gasteiger partial charge in [0, 0.05) is 26.2 Å². The lowest BCUT2D eigenvalue weighted by Gasteiger charge is -2.39. The minimum absolute atomic E-state index is 0.176. The lowest BCUT2D eigenvalue weighted by molar-refractivity contribution is -0.146. The predicted octanol–water partition coefficient (Wildman–Crippen LogP) is 2.70. The summed E-state index contributed by atoms with van der Waals surface area (Å²) in [4.78, 5) is 17.9. The molecule has 3 heterocycles. The third-order valence-electron chi connectivity index (χ3n) is 6.53. The van der Waals surface area contributed by atoms with Crippen LogP contribution >= 0.6 is 0 Å². The molecule has 0 radical (unpaired) electrons. The Balaban J connectivity index is 1.33. The predicted molar refractivity (Wildman–Crippen MR) is 111 cm³/mol. The van der Waals surface area contributed by atoms with Gasteiger partial charge in [0.25, 0.3) is 0 Å². The summed E-state index contributed by atoms with van der Waals surface area (Å²) in [5.41, 5.74) is 2.41. The Morgan fingerprint density at radius 3 is 2.66 bits per heavy atom. The van der Waals surface area contributed by atoms with E-state index in [1.807, 2.05) is 0 Å². The second-order valence-electron chi connectivity index (χ2n) is 8.96. The molecule has 0 bridgehead atoms. The van der Waals surface area contributed by atoms with Crippen molar-refractivity contribution in [1.29, 1.82) is 0 Å². The Morgan fingerprint density at radius 2 is 1.93 bits per heavy atom. The average molecular weight is 397 g/mol. The first kappa shape index (κ1) is 20.0. The van der Waals surface area contributed by atoms with E-state index < -0.39 is 0 Å². The van der Waals surface area contributed by atoms with Crippen molar-refractivity contribution in [3.05, 3.63) is 41.7 Å². The van der Waals surface area contributed by atoms with E-state index >= 15 is 0 Å². The van der Waals surface area contributed by atoms with Crippen molar-refractivity contribution in [3.8, 4) is 0 Å². The molecule has 2 aliphatic heterocycles. The molecule has 2 aliphatic rings. The first-order valence-electron chi connectivity index (χ1n) is 10.9. The number of aryl methyl sites for hydroxylation is 1. The topological polar surface area (TPSA) is 67.2 Å². The molecule has 7 nitrogen and oxygen atoms in total. The molecule has 1 aromatic heterocycles. The third kappa shape index (κ3) is 4.50. The first-order valence-corrected chi connectivity index (χ1v) is 10.9. The van der Waals surface area contributed by atoms with Gasteiger partial charge in [-0.1, -0.05) is 38.1 Å². The minimum Gasteiger partial charge on any atom is -0.338 e. The van der Waals surface area contributed by atoms with Crippen molar-refractivity contribution in [1.82, 2.24) is 30.0 Å². The van der Waals surface area contributed by atoms with Gasteiger partial charge in [0.2, 0.25) is 5.91 Å². The van der Waals surface area contributed by atoms with Crippen LogP contribution in [0, 0.1) is 5.41 Å². The summed E-state index contributed by atoms with van der Waals surface area (Å²) in [6.45, 7) is 9.75. The Kier molecular flexibility index (Phi) is 5.94. The molecule has 156 valence electrons. The van der Waals surface area contributed by atoms with Gasteiger partial charge in [0.15, 0.2) is 0 Å². The number of carbonyl (C=O) groups is 1. The standard InChI is InChI=1S/C22H32N6O/c1-18(2)20-7-5-19(6-8-20)15-27-12-3-9-22(21(27)29)10-14-26(16-22)11-4-13-28-17-23-24-25-28/h5-8,17-18H,3-4,9-16H2,1-2H3/t22-/m1/s1. The molecule has 2 saturated heterocycles. The van der Waals surface area contributed by atoms with Crippen molar-refractivity contribution in [3.63, 3.8) is 0 Å². The smallest absolute Gasteiger partial charge is 0.230 e. The Hall–Kier alpha value is -2.28. The molecule has 2 fully saturated rings. The molecule has 0 N–H and O–H groups in total. The zero-order valence-electron chi connectivity index (χ0n) is 17.6. The van der Waals surface area contributed by atoms with Crippen molar-refractivity contribution in [2.45, 2.75) is 58.5 Å². The maximum absolute atomic E-state index is 13.4. The lowest BCUT2D eigenvalue weighted by Crippen LogP contribution is -2.49. The van der Waals surface area contributed by atoms with Gasteiger partial charge < -0.3 is 9.80 Å². The van der Waals surface area contributed by atoms with Gasteiger partial charge in [-0.2, -0.15) is 0 Å². The molecule has 29 heavy (non-hydrogen) atoms. The van der Waals surface area contributed by atoms with Crippen molar-refractivity contribution >= 4 is 5.91 Å². The van der Waals surface area contributed by atoms with E-state index in [0.29, 0.717) is 11.8 Å². The number of nitrogens with zero attached hydrogens (tertiary/aromatic N) is 6. The van der Waals surface area contributed by atoms with Crippen LogP contribution in [0.25, 0.3) is 0 Å². The fourth-order valence-electron chi connectivity index (χ4n) is 4.80. The number of aromatic nitrogens is 4. The summed E-state index contributed by atoms with van der Waals surface area (Å²) in [6, 6.07) is 8.77. The highest BCUT2D eigenvalue weighted by atomic mass is 16.2. The van der Waals surface area contributed by atoms with Gasteiger partial charge in [0.1, 0.15) is 6.33 Å². The van der Waals surface area contributed by atoms with Gasteiger partial charge in [-0.05, 0) is 66.2 Å². The number of tetrazole rings is 1. The molecule has 0 unspecified atom stereocenters. The van der Waals surface area contributed by atoms with Crippen LogP contribution in [0.4, 0.5) is 0 Å². The zero-order valence-corrected chi connectivity index (χ0v) is 17.6. The van der Waals surface area contributed by atoms with Crippen LogP contribution in [-0.4, -0.2) is 62.1 Å². The second-order valence-corrected chi connectivity index (χ2v) is 8.96. The Bertz CT molecular complexity index is 803. The Labute approximate surface area is 173 Å². The lowest BCUT2D eigenvalue weighted by atomic mass is 9.78. The summed E-state index contributed by atoms with van der Waals surface area (Å²) >= 11 is 0. The maximum atomic E-state index is 13.4. The molecule has 1 atom stereocenters. The van der Waals surface area contributed by atoms with Crippen LogP contribution in [0.3, 0.4) is 0 Å². The van der Waals surface area contributed by atoms with Crippen molar-refractivity contribution in [2.75, 3.05) is 26.2 Å². The van der Waals surface area contributed by atoms with Crippen LogP contribution in [0.15, 0.2) is 30.6 Å². The van der Waals surface area contributed by atoms with Gasteiger partial charge >= 0.3 is 0 Å². The molecular weight excluding hydrogens is 364 g/mol. The van der Waals surface area contributed by atoms with Crippen LogP contribution in [0.1, 0.15) is 56.6 Å². The first-order chi connectivity index (χ1) is 14.1. The van der Waals surface area contributed by atoms with Crippen LogP contribution < -0.4 is 0 Å². The SMILES string of the molecule is CC(C)c1ccc(CN2CCC[C@]3(CCN(CCCn4cnnn4)C3)C2=O)cc1. The van der Waals surface area contributed by atoms with Gasteiger partial charge in [-0.15, -0.1) is 5.10 Å². The van der Waals surface area contributed by atoms with Crippen LogP contribution in [0.2, 0.25) is 0 Å². The number of amides is 1. The Morgan fingerprint density at radius 1 is 1.10 bits per heavy atom. The highest BCUT2D eigenvalue weighted by Gasteiger charge is 2.47. The molecule has 0 aliphatic carbocycles. The van der Waals surface area contributed by atoms with E-state index in [0.717, 1.165) is 65.0 Å².